The predicted octanol–water partition coefficient (Wildman–Crippen LogP) is 3.75. The molecule has 0 saturated heterocycles. The van der Waals surface area contributed by atoms with Gasteiger partial charge in [-0.1, -0.05) is 38.7 Å². The zero-order valence-electron chi connectivity index (χ0n) is 11.8. The highest BCUT2D eigenvalue weighted by Crippen LogP contribution is 2.25. The van der Waals surface area contributed by atoms with Crippen molar-refractivity contribution in [1.82, 2.24) is 0 Å². The highest BCUT2D eigenvalue weighted by atomic mass is 16.3. The molecule has 1 atom stereocenters. The predicted molar refractivity (Wildman–Crippen MR) is 77.5 cm³/mol. The lowest BCUT2D eigenvalue weighted by Gasteiger charge is -2.10. The first kappa shape index (κ1) is 15.8. The molecule has 0 amide bonds. The zero-order valence-corrected chi connectivity index (χ0v) is 11.8. The number of hydrogen-bond acceptors (Lipinski definition) is 3. The molecule has 0 heterocycles. The van der Waals surface area contributed by atoms with Crippen molar-refractivity contribution in [2.75, 3.05) is 0 Å². The number of phenolic OH excluding ortho intramolecular Hbond substituents is 2. The standard InChI is InChI=1S/C16H26O3/c1-2-3-4-8-14(17)9-6-5-7-13-10-11-15(18)16(19)12-13/h10-12,14,17-19H,2-9H2,1H3. The van der Waals surface area contributed by atoms with Gasteiger partial charge >= 0.3 is 0 Å². The van der Waals surface area contributed by atoms with Crippen LogP contribution in [0, 0.1) is 0 Å². The minimum absolute atomic E-state index is 0.0582. The number of aliphatic hydroxyl groups is 1. The van der Waals surface area contributed by atoms with Crippen LogP contribution in [-0.4, -0.2) is 21.4 Å². The van der Waals surface area contributed by atoms with Gasteiger partial charge in [0.25, 0.3) is 0 Å². The molecule has 0 fully saturated rings. The number of aryl methyl sites for hydroxylation is 1. The Morgan fingerprint density at radius 3 is 2.26 bits per heavy atom. The Kier molecular flexibility index (Phi) is 7.34. The summed E-state index contributed by atoms with van der Waals surface area (Å²) in [6.07, 6.45) is 7.96. The van der Waals surface area contributed by atoms with Crippen LogP contribution in [0.2, 0.25) is 0 Å². The van der Waals surface area contributed by atoms with E-state index in [2.05, 4.69) is 6.92 Å². The van der Waals surface area contributed by atoms with E-state index in [-0.39, 0.29) is 17.6 Å². The maximum Gasteiger partial charge on any atom is 0.157 e. The molecule has 1 aromatic rings. The van der Waals surface area contributed by atoms with Gasteiger partial charge in [0.05, 0.1) is 6.10 Å². The molecule has 0 aliphatic carbocycles. The van der Waals surface area contributed by atoms with Gasteiger partial charge < -0.3 is 15.3 Å². The van der Waals surface area contributed by atoms with Gasteiger partial charge in [-0.15, -0.1) is 0 Å². The highest BCUT2D eigenvalue weighted by molar-refractivity contribution is 5.40. The Hall–Kier alpha value is -1.22. The van der Waals surface area contributed by atoms with Crippen LogP contribution < -0.4 is 0 Å². The van der Waals surface area contributed by atoms with E-state index in [1.165, 1.54) is 18.9 Å². The molecule has 1 aromatic carbocycles. The minimum atomic E-state index is -0.167. The minimum Gasteiger partial charge on any atom is -0.504 e. The highest BCUT2D eigenvalue weighted by Gasteiger charge is 2.04. The summed E-state index contributed by atoms with van der Waals surface area (Å²) in [5.41, 5.74) is 1.02. The quantitative estimate of drug-likeness (QED) is 0.471. The van der Waals surface area contributed by atoms with Gasteiger partial charge in [-0.3, -0.25) is 0 Å². The van der Waals surface area contributed by atoms with Gasteiger partial charge in [0.15, 0.2) is 11.5 Å². The summed E-state index contributed by atoms with van der Waals surface area (Å²) in [6, 6.07) is 4.95. The lowest BCUT2D eigenvalue weighted by atomic mass is 10.0. The molecule has 0 aliphatic rings. The molecule has 1 rings (SSSR count). The molecule has 0 radical (unpaired) electrons. The lowest BCUT2D eigenvalue weighted by Crippen LogP contribution is -2.06. The summed E-state index contributed by atoms with van der Waals surface area (Å²) in [4.78, 5) is 0. The maximum atomic E-state index is 9.78. The average Bonchev–Trinajstić information content (AvgIpc) is 2.39. The second-order valence-corrected chi connectivity index (χ2v) is 5.22. The van der Waals surface area contributed by atoms with Crippen molar-refractivity contribution in [2.24, 2.45) is 0 Å². The summed E-state index contributed by atoms with van der Waals surface area (Å²) < 4.78 is 0. The molecular weight excluding hydrogens is 240 g/mol. The third-order valence-corrected chi connectivity index (χ3v) is 3.43. The lowest BCUT2D eigenvalue weighted by molar-refractivity contribution is 0.147. The van der Waals surface area contributed by atoms with Crippen LogP contribution in [0.15, 0.2) is 18.2 Å². The summed E-state index contributed by atoms with van der Waals surface area (Å²) in [5, 5.41) is 28.4. The molecule has 0 saturated carbocycles. The fourth-order valence-electron chi connectivity index (χ4n) is 2.21. The van der Waals surface area contributed by atoms with E-state index in [4.69, 9.17) is 0 Å². The van der Waals surface area contributed by atoms with Crippen molar-refractivity contribution >= 4 is 0 Å². The van der Waals surface area contributed by atoms with Crippen LogP contribution in [0.25, 0.3) is 0 Å². The van der Waals surface area contributed by atoms with Crippen LogP contribution in [-0.2, 0) is 6.42 Å². The summed E-state index contributed by atoms with van der Waals surface area (Å²) >= 11 is 0. The van der Waals surface area contributed by atoms with Crippen LogP contribution in [0.4, 0.5) is 0 Å². The van der Waals surface area contributed by atoms with Crippen LogP contribution in [0.1, 0.15) is 57.4 Å². The van der Waals surface area contributed by atoms with Gasteiger partial charge in [0, 0.05) is 0 Å². The summed E-state index contributed by atoms with van der Waals surface area (Å²) in [5.74, 6) is -0.132. The average molecular weight is 266 g/mol. The topological polar surface area (TPSA) is 60.7 Å². The van der Waals surface area contributed by atoms with Crippen molar-refractivity contribution in [3.05, 3.63) is 23.8 Å². The molecule has 0 spiro atoms. The second kappa shape index (κ2) is 8.81. The van der Waals surface area contributed by atoms with Crippen LogP contribution in [0.5, 0.6) is 11.5 Å². The molecule has 108 valence electrons. The third kappa shape index (κ3) is 6.48. The molecular formula is C16H26O3. The Labute approximate surface area is 115 Å². The first-order valence-electron chi connectivity index (χ1n) is 7.32. The second-order valence-electron chi connectivity index (χ2n) is 5.22. The van der Waals surface area contributed by atoms with Crippen LogP contribution in [0.3, 0.4) is 0 Å². The van der Waals surface area contributed by atoms with Gasteiger partial charge in [0.1, 0.15) is 0 Å². The van der Waals surface area contributed by atoms with E-state index in [1.807, 2.05) is 6.07 Å². The molecule has 3 N–H and O–H groups in total. The number of aliphatic hydroxyl groups excluding tert-OH is 1. The Bertz CT molecular complexity index is 363. The number of unbranched alkanes of at least 4 members (excludes halogenated alkanes) is 3. The van der Waals surface area contributed by atoms with Crippen molar-refractivity contribution in [2.45, 2.75) is 64.4 Å². The fraction of sp³-hybridized carbons (Fsp3) is 0.625. The first-order valence-corrected chi connectivity index (χ1v) is 7.32. The van der Waals surface area contributed by atoms with Crippen LogP contribution >= 0.6 is 0 Å². The van der Waals surface area contributed by atoms with Crippen molar-refractivity contribution in [1.29, 1.82) is 0 Å². The number of hydrogen-bond donors (Lipinski definition) is 3. The summed E-state index contributed by atoms with van der Waals surface area (Å²) in [6.45, 7) is 2.17. The van der Waals surface area contributed by atoms with E-state index < -0.39 is 0 Å². The zero-order chi connectivity index (χ0) is 14.1. The van der Waals surface area contributed by atoms with E-state index in [0.717, 1.165) is 44.1 Å². The Morgan fingerprint density at radius 1 is 0.947 bits per heavy atom. The Balaban J connectivity index is 2.14. The molecule has 19 heavy (non-hydrogen) atoms. The van der Waals surface area contributed by atoms with Crippen molar-refractivity contribution in [3.63, 3.8) is 0 Å². The molecule has 3 heteroatoms. The molecule has 0 aliphatic heterocycles. The van der Waals surface area contributed by atoms with Gasteiger partial charge in [-0.2, -0.15) is 0 Å². The largest absolute Gasteiger partial charge is 0.504 e. The van der Waals surface area contributed by atoms with Crippen molar-refractivity contribution < 1.29 is 15.3 Å². The fourth-order valence-corrected chi connectivity index (χ4v) is 2.21. The van der Waals surface area contributed by atoms with E-state index in [0.29, 0.717) is 0 Å². The smallest absolute Gasteiger partial charge is 0.157 e. The van der Waals surface area contributed by atoms with Gasteiger partial charge in [0.2, 0.25) is 0 Å². The van der Waals surface area contributed by atoms with Gasteiger partial charge in [-0.25, -0.2) is 0 Å². The number of benzene rings is 1. The van der Waals surface area contributed by atoms with E-state index in [1.54, 1.807) is 6.07 Å². The normalized spacial score (nSPS) is 12.5. The molecule has 0 aromatic heterocycles. The van der Waals surface area contributed by atoms with E-state index >= 15 is 0 Å². The molecule has 0 bridgehead atoms. The van der Waals surface area contributed by atoms with Gasteiger partial charge in [-0.05, 0) is 43.4 Å². The van der Waals surface area contributed by atoms with E-state index in [9.17, 15) is 15.3 Å². The number of phenols is 2. The third-order valence-electron chi connectivity index (χ3n) is 3.43. The first-order chi connectivity index (χ1) is 9.13. The monoisotopic (exact) mass is 266 g/mol. The molecule has 3 nitrogen and oxygen atoms in total. The summed E-state index contributed by atoms with van der Waals surface area (Å²) in [7, 11) is 0. The SMILES string of the molecule is CCCCCC(O)CCCCc1ccc(O)c(O)c1. The number of rotatable bonds is 9. The maximum absolute atomic E-state index is 9.78. The Morgan fingerprint density at radius 2 is 1.63 bits per heavy atom. The van der Waals surface area contributed by atoms with Crippen molar-refractivity contribution in [3.8, 4) is 11.5 Å². The molecule has 1 unspecified atom stereocenters. The number of aromatic hydroxyl groups is 2.